The van der Waals surface area contributed by atoms with Gasteiger partial charge in [-0.15, -0.1) is 11.3 Å². The quantitative estimate of drug-likeness (QED) is 0.708. The maximum Gasteiger partial charge on any atom is 0.132 e. The van der Waals surface area contributed by atoms with Crippen molar-refractivity contribution in [1.82, 2.24) is 0 Å². The van der Waals surface area contributed by atoms with Gasteiger partial charge >= 0.3 is 0 Å². The summed E-state index contributed by atoms with van der Waals surface area (Å²) < 4.78 is 0. The van der Waals surface area contributed by atoms with Crippen molar-refractivity contribution >= 4 is 17.1 Å². The van der Waals surface area contributed by atoms with Gasteiger partial charge in [0.2, 0.25) is 0 Å². The largest absolute Gasteiger partial charge is 0.300 e. The Morgan fingerprint density at radius 2 is 2.47 bits per heavy atom. The number of rotatable bonds is 4. The molecule has 0 radical (unpaired) electrons. The lowest BCUT2D eigenvalue weighted by Crippen LogP contribution is -1.92. The molecule has 1 nitrogen and oxygen atoms in total. The van der Waals surface area contributed by atoms with Crippen LogP contribution in [0.1, 0.15) is 31.1 Å². The normalized spacial score (nSPS) is 9.93. The van der Waals surface area contributed by atoms with Crippen molar-refractivity contribution in [2.24, 2.45) is 0 Å². The number of Topliss-reactive ketones (excluding diaryl/α,β-unsaturated/α-hetero) is 1. The Bertz CT molecular complexity index is 376. The van der Waals surface area contributed by atoms with Gasteiger partial charge in [0.25, 0.3) is 0 Å². The highest BCUT2D eigenvalue weighted by atomic mass is 32.1. The highest BCUT2D eigenvalue weighted by molar-refractivity contribution is 7.10. The van der Waals surface area contributed by atoms with E-state index in [1.807, 2.05) is 36.6 Å². The highest BCUT2D eigenvalue weighted by Gasteiger charge is 1.93. The average Bonchev–Trinajstić information content (AvgIpc) is 2.75. The van der Waals surface area contributed by atoms with Crippen LogP contribution in [0.3, 0.4) is 0 Å². The second kappa shape index (κ2) is 7.03. The molecular formula is C13H14OS. The second-order valence-corrected chi connectivity index (χ2v) is 4.03. The molecular weight excluding hydrogens is 204 g/mol. The lowest BCUT2D eigenvalue weighted by molar-refractivity contribution is -0.118. The van der Waals surface area contributed by atoms with Crippen LogP contribution < -0.4 is 0 Å². The average molecular weight is 218 g/mol. The summed E-state index contributed by atoms with van der Waals surface area (Å²) in [7, 11) is 0. The Hall–Kier alpha value is -1.33. The summed E-state index contributed by atoms with van der Waals surface area (Å²) >= 11 is 1.63. The fourth-order valence-corrected chi connectivity index (χ4v) is 1.60. The maximum atomic E-state index is 11.0. The van der Waals surface area contributed by atoms with Crippen LogP contribution in [0, 0.1) is 11.8 Å². The fourth-order valence-electron chi connectivity index (χ4n) is 1.03. The van der Waals surface area contributed by atoms with Gasteiger partial charge in [-0.2, -0.15) is 0 Å². The molecule has 15 heavy (non-hydrogen) atoms. The van der Waals surface area contributed by atoms with E-state index in [2.05, 4.69) is 11.8 Å². The van der Waals surface area contributed by atoms with E-state index in [4.69, 9.17) is 0 Å². The number of hydrogen-bond acceptors (Lipinski definition) is 2. The van der Waals surface area contributed by atoms with Crippen LogP contribution in [0.25, 0.3) is 0 Å². The zero-order valence-corrected chi connectivity index (χ0v) is 9.64. The van der Waals surface area contributed by atoms with E-state index >= 15 is 0 Å². The fraction of sp³-hybridized carbons (Fsp3) is 0.308. The lowest BCUT2D eigenvalue weighted by Gasteiger charge is -1.89. The van der Waals surface area contributed by atoms with Gasteiger partial charge in [0.15, 0.2) is 0 Å². The summed E-state index contributed by atoms with van der Waals surface area (Å²) in [5.41, 5.74) is 0. The monoisotopic (exact) mass is 218 g/mol. The Morgan fingerprint density at radius 1 is 1.60 bits per heavy atom. The van der Waals surface area contributed by atoms with Crippen LogP contribution in [-0.2, 0) is 4.79 Å². The molecule has 0 fully saturated rings. The topological polar surface area (TPSA) is 17.1 Å². The molecule has 0 saturated carbocycles. The van der Waals surface area contributed by atoms with Crippen LogP contribution in [0.15, 0.2) is 29.7 Å². The molecule has 0 unspecified atom stereocenters. The Morgan fingerprint density at radius 3 is 3.13 bits per heavy atom. The minimum absolute atomic E-state index is 0.311. The third-order valence-electron chi connectivity index (χ3n) is 1.90. The maximum absolute atomic E-state index is 11.0. The summed E-state index contributed by atoms with van der Waals surface area (Å²) in [6, 6.07) is 3.98. The summed E-state index contributed by atoms with van der Waals surface area (Å²) in [6.07, 6.45) is 5.84. The smallest absolute Gasteiger partial charge is 0.132 e. The predicted octanol–water partition coefficient (Wildman–Crippen LogP) is 3.42. The first kappa shape index (κ1) is 11.7. The highest BCUT2D eigenvalue weighted by Crippen LogP contribution is 2.05. The third-order valence-corrected chi connectivity index (χ3v) is 2.69. The molecule has 0 amide bonds. The first-order valence-electron chi connectivity index (χ1n) is 5.04. The molecule has 0 N–H and O–H groups in total. The Kier molecular flexibility index (Phi) is 5.50. The van der Waals surface area contributed by atoms with Crippen molar-refractivity contribution in [3.63, 3.8) is 0 Å². The van der Waals surface area contributed by atoms with Crippen LogP contribution >= 0.6 is 11.3 Å². The molecule has 1 aromatic heterocycles. The molecule has 0 aromatic carbocycles. The van der Waals surface area contributed by atoms with Gasteiger partial charge in [-0.3, -0.25) is 4.79 Å². The van der Waals surface area contributed by atoms with Gasteiger partial charge < -0.3 is 0 Å². The lowest BCUT2D eigenvalue weighted by atomic mass is 10.2. The molecule has 1 aromatic rings. The number of allylic oxidation sites excluding steroid dienone is 2. The minimum Gasteiger partial charge on any atom is -0.300 e. The minimum atomic E-state index is 0.311. The molecule has 0 spiro atoms. The van der Waals surface area contributed by atoms with Gasteiger partial charge in [-0.1, -0.05) is 30.9 Å². The van der Waals surface area contributed by atoms with Crippen molar-refractivity contribution in [2.75, 3.05) is 0 Å². The molecule has 0 aliphatic rings. The molecule has 0 atom stereocenters. The summed E-state index contributed by atoms with van der Waals surface area (Å²) in [4.78, 5) is 12.0. The number of hydrogen-bond donors (Lipinski definition) is 0. The van der Waals surface area contributed by atoms with E-state index in [0.29, 0.717) is 18.6 Å². The number of thiophene rings is 1. The molecule has 1 heterocycles. The molecule has 78 valence electrons. The van der Waals surface area contributed by atoms with Crippen molar-refractivity contribution in [3.8, 4) is 11.8 Å². The van der Waals surface area contributed by atoms with Crippen LogP contribution in [0.4, 0.5) is 0 Å². The van der Waals surface area contributed by atoms with E-state index < -0.39 is 0 Å². The van der Waals surface area contributed by atoms with Crippen molar-refractivity contribution < 1.29 is 4.79 Å². The van der Waals surface area contributed by atoms with Gasteiger partial charge in [0.05, 0.1) is 4.88 Å². The molecule has 0 aliphatic carbocycles. The molecule has 0 aliphatic heterocycles. The standard InChI is InChI=1S/C13H14OS/c1-2-12(14)8-5-3-4-6-9-13-10-7-11-15-13/h3-4,7,10-11H,2,5,8H2,1H3/b4-3+. The SMILES string of the molecule is CCC(=O)CC/C=C/C#Cc1cccs1. The molecule has 0 saturated heterocycles. The number of carbonyl (C=O) groups is 1. The van der Waals surface area contributed by atoms with Crippen LogP contribution in [0.5, 0.6) is 0 Å². The molecule has 2 heteroatoms. The van der Waals surface area contributed by atoms with E-state index in [9.17, 15) is 4.79 Å². The van der Waals surface area contributed by atoms with Crippen molar-refractivity contribution in [1.29, 1.82) is 0 Å². The first-order valence-corrected chi connectivity index (χ1v) is 5.92. The zero-order valence-electron chi connectivity index (χ0n) is 8.82. The van der Waals surface area contributed by atoms with Gasteiger partial charge in [-0.25, -0.2) is 0 Å². The summed E-state index contributed by atoms with van der Waals surface area (Å²) in [5.74, 6) is 6.28. The van der Waals surface area contributed by atoms with Crippen LogP contribution in [-0.4, -0.2) is 5.78 Å². The Labute approximate surface area is 94.8 Å². The van der Waals surface area contributed by atoms with Crippen molar-refractivity contribution in [2.45, 2.75) is 26.2 Å². The first-order chi connectivity index (χ1) is 7.33. The van der Waals surface area contributed by atoms with Gasteiger partial charge in [-0.05, 0) is 23.9 Å². The third kappa shape index (κ3) is 5.19. The Balaban J connectivity index is 2.25. The number of ketones is 1. The number of carbonyl (C=O) groups excluding carboxylic acids is 1. The van der Waals surface area contributed by atoms with Crippen molar-refractivity contribution in [3.05, 3.63) is 34.5 Å². The van der Waals surface area contributed by atoms with Crippen LogP contribution in [0.2, 0.25) is 0 Å². The zero-order chi connectivity index (χ0) is 10.9. The van der Waals surface area contributed by atoms with E-state index in [-0.39, 0.29) is 0 Å². The predicted molar refractivity (Wildman–Crippen MR) is 64.9 cm³/mol. The van der Waals surface area contributed by atoms with E-state index in [1.165, 1.54) is 0 Å². The summed E-state index contributed by atoms with van der Waals surface area (Å²) in [5, 5.41) is 2.01. The van der Waals surface area contributed by atoms with E-state index in [1.54, 1.807) is 11.3 Å². The molecule has 1 rings (SSSR count). The summed E-state index contributed by atoms with van der Waals surface area (Å²) in [6.45, 7) is 1.89. The van der Waals surface area contributed by atoms with Gasteiger partial charge in [0, 0.05) is 12.8 Å². The van der Waals surface area contributed by atoms with Gasteiger partial charge in [0.1, 0.15) is 5.78 Å². The molecule has 0 bridgehead atoms. The second-order valence-electron chi connectivity index (χ2n) is 3.08. The van der Waals surface area contributed by atoms with E-state index in [0.717, 1.165) is 11.3 Å².